The molecule has 0 aliphatic rings. The Balaban J connectivity index is 3.18. The van der Waals surface area contributed by atoms with Crippen LogP contribution < -0.4 is 5.56 Å². The van der Waals surface area contributed by atoms with Gasteiger partial charge in [-0.25, -0.2) is 4.98 Å². The van der Waals surface area contributed by atoms with Crippen molar-refractivity contribution in [2.45, 2.75) is 25.5 Å². The number of rotatable bonds is 4. The highest BCUT2D eigenvalue weighted by Crippen LogP contribution is 2.15. The zero-order valence-electron chi connectivity index (χ0n) is 9.82. The van der Waals surface area contributed by atoms with Crippen molar-refractivity contribution in [3.05, 3.63) is 20.5 Å². The van der Waals surface area contributed by atoms with Crippen LogP contribution in [0.4, 0.5) is 0 Å². The zero-order chi connectivity index (χ0) is 13.0. The number of aryl methyl sites for hydroxylation is 1. The summed E-state index contributed by atoms with van der Waals surface area (Å²) in [6.07, 6.45) is 1.80. The number of carbonyl (C=O) groups is 1. The highest BCUT2D eigenvalue weighted by Gasteiger charge is 2.14. The van der Waals surface area contributed by atoms with E-state index in [1.54, 1.807) is 20.1 Å². The van der Waals surface area contributed by atoms with Crippen LogP contribution in [0.1, 0.15) is 12.6 Å². The first kappa shape index (κ1) is 14.2. The van der Waals surface area contributed by atoms with Gasteiger partial charge in [-0.1, -0.05) is 11.8 Å². The average molecular weight is 321 g/mol. The molecule has 0 amide bonds. The summed E-state index contributed by atoms with van der Waals surface area (Å²) in [6, 6.07) is 0. The van der Waals surface area contributed by atoms with E-state index in [-0.39, 0.29) is 12.1 Å². The topological polar surface area (TPSA) is 61.2 Å². The van der Waals surface area contributed by atoms with Crippen LogP contribution in [0.25, 0.3) is 0 Å². The lowest BCUT2D eigenvalue weighted by Gasteiger charge is -2.11. The van der Waals surface area contributed by atoms with Crippen LogP contribution in [0.2, 0.25) is 0 Å². The monoisotopic (exact) mass is 320 g/mol. The number of halogens is 1. The van der Waals surface area contributed by atoms with Gasteiger partial charge in [0.05, 0.1) is 12.3 Å². The fourth-order valence-electron chi connectivity index (χ4n) is 1.24. The molecule has 5 nitrogen and oxygen atoms in total. The molecular weight excluding hydrogens is 308 g/mol. The van der Waals surface area contributed by atoms with Crippen LogP contribution in [0.5, 0.6) is 0 Å². The second-order valence-electron chi connectivity index (χ2n) is 3.19. The van der Waals surface area contributed by atoms with E-state index in [1.165, 1.54) is 16.3 Å². The maximum Gasteiger partial charge on any atom is 0.326 e. The molecule has 0 fully saturated rings. The first-order valence-corrected chi connectivity index (χ1v) is 6.99. The van der Waals surface area contributed by atoms with Crippen molar-refractivity contribution in [2.75, 3.05) is 12.9 Å². The normalized spacial score (nSPS) is 10.4. The van der Waals surface area contributed by atoms with Gasteiger partial charge in [-0.15, -0.1) is 0 Å². The molecule has 0 saturated carbocycles. The predicted molar refractivity (Wildman–Crippen MR) is 69.3 cm³/mol. The van der Waals surface area contributed by atoms with Gasteiger partial charge < -0.3 is 4.74 Å². The fraction of sp³-hybridized carbons (Fsp3) is 0.500. The van der Waals surface area contributed by atoms with Crippen LogP contribution >= 0.6 is 27.7 Å². The molecule has 0 aliphatic carbocycles. The minimum atomic E-state index is -0.442. The van der Waals surface area contributed by atoms with E-state index in [2.05, 4.69) is 20.9 Å². The van der Waals surface area contributed by atoms with Crippen LogP contribution in [-0.2, 0) is 16.1 Å². The van der Waals surface area contributed by atoms with Gasteiger partial charge in [0.25, 0.3) is 5.56 Å². The van der Waals surface area contributed by atoms with E-state index in [0.29, 0.717) is 21.9 Å². The molecule has 0 aliphatic heterocycles. The van der Waals surface area contributed by atoms with Gasteiger partial charge in [-0.05, 0) is 36.0 Å². The summed E-state index contributed by atoms with van der Waals surface area (Å²) < 4.78 is 6.50. The minimum Gasteiger partial charge on any atom is -0.465 e. The van der Waals surface area contributed by atoms with Crippen molar-refractivity contribution in [3.8, 4) is 0 Å². The molecule has 1 rings (SSSR count). The minimum absolute atomic E-state index is 0.116. The SMILES string of the molecule is CCOC(=O)Cn1c(SC)nc(C)c(Br)c1=O. The summed E-state index contributed by atoms with van der Waals surface area (Å²) in [5.74, 6) is -0.442. The molecule has 1 aromatic heterocycles. The second kappa shape index (κ2) is 6.20. The van der Waals surface area contributed by atoms with Crippen molar-refractivity contribution in [3.63, 3.8) is 0 Å². The number of thioether (sulfide) groups is 1. The lowest BCUT2D eigenvalue weighted by Crippen LogP contribution is -2.29. The number of aromatic nitrogens is 2. The Morgan fingerprint density at radius 1 is 1.59 bits per heavy atom. The van der Waals surface area contributed by atoms with Crippen molar-refractivity contribution < 1.29 is 9.53 Å². The van der Waals surface area contributed by atoms with Crippen LogP contribution in [0, 0.1) is 6.92 Å². The first-order chi connectivity index (χ1) is 8.01. The van der Waals surface area contributed by atoms with E-state index >= 15 is 0 Å². The summed E-state index contributed by atoms with van der Waals surface area (Å²) in [6.45, 7) is 3.64. The van der Waals surface area contributed by atoms with Crippen LogP contribution in [-0.4, -0.2) is 28.4 Å². The summed E-state index contributed by atoms with van der Waals surface area (Å²) in [7, 11) is 0. The Morgan fingerprint density at radius 2 is 2.24 bits per heavy atom. The molecular formula is C10H13BrN2O3S. The average Bonchev–Trinajstić information content (AvgIpc) is 2.30. The highest BCUT2D eigenvalue weighted by molar-refractivity contribution is 9.10. The summed E-state index contributed by atoms with van der Waals surface area (Å²) in [5.41, 5.74) is 0.342. The number of esters is 1. The van der Waals surface area contributed by atoms with Crippen LogP contribution in [0.3, 0.4) is 0 Å². The molecule has 17 heavy (non-hydrogen) atoms. The molecule has 0 saturated heterocycles. The number of hydrogen-bond acceptors (Lipinski definition) is 5. The van der Waals surface area contributed by atoms with E-state index in [1.807, 2.05) is 0 Å². The third-order valence-electron chi connectivity index (χ3n) is 2.02. The van der Waals surface area contributed by atoms with Crippen molar-refractivity contribution in [1.29, 1.82) is 0 Å². The van der Waals surface area contributed by atoms with Gasteiger partial charge in [0.1, 0.15) is 11.0 Å². The number of hydrogen-bond donors (Lipinski definition) is 0. The third-order valence-corrected chi connectivity index (χ3v) is 3.61. The van der Waals surface area contributed by atoms with Gasteiger partial charge in [0.15, 0.2) is 5.16 Å². The summed E-state index contributed by atoms with van der Waals surface area (Å²) in [4.78, 5) is 27.6. The van der Waals surface area contributed by atoms with E-state index in [4.69, 9.17) is 4.74 Å². The first-order valence-electron chi connectivity index (χ1n) is 4.97. The Morgan fingerprint density at radius 3 is 2.76 bits per heavy atom. The lowest BCUT2D eigenvalue weighted by molar-refractivity contribution is -0.144. The summed E-state index contributed by atoms with van der Waals surface area (Å²) >= 11 is 4.48. The van der Waals surface area contributed by atoms with Crippen LogP contribution in [0.15, 0.2) is 14.4 Å². The number of carbonyl (C=O) groups excluding carboxylic acids is 1. The Kier molecular flexibility index (Phi) is 5.20. The molecule has 0 bridgehead atoms. The van der Waals surface area contributed by atoms with E-state index in [9.17, 15) is 9.59 Å². The third kappa shape index (κ3) is 3.32. The maximum atomic E-state index is 12.0. The molecule has 0 radical (unpaired) electrons. The standard InChI is InChI=1S/C10H13BrN2O3S/c1-4-16-7(14)5-13-9(15)8(11)6(2)12-10(13)17-3/h4-5H2,1-3H3. The Bertz CT molecular complexity index is 487. The van der Waals surface area contributed by atoms with Gasteiger partial charge in [-0.2, -0.15) is 0 Å². The Hall–Kier alpha value is -0.820. The number of nitrogens with zero attached hydrogens (tertiary/aromatic N) is 2. The van der Waals surface area contributed by atoms with Gasteiger partial charge >= 0.3 is 5.97 Å². The lowest BCUT2D eigenvalue weighted by atomic mass is 10.4. The number of ether oxygens (including phenoxy) is 1. The molecule has 94 valence electrons. The van der Waals surface area contributed by atoms with Gasteiger partial charge in [0.2, 0.25) is 0 Å². The van der Waals surface area contributed by atoms with Gasteiger partial charge in [0, 0.05) is 0 Å². The largest absolute Gasteiger partial charge is 0.465 e. The van der Waals surface area contributed by atoms with E-state index < -0.39 is 5.97 Å². The highest BCUT2D eigenvalue weighted by atomic mass is 79.9. The Labute approximate surface area is 112 Å². The molecule has 0 unspecified atom stereocenters. The molecule has 1 heterocycles. The zero-order valence-corrected chi connectivity index (χ0v) is 12.2. The molecule has 0 atom stereocenters. The van der Waals surface area contributed by atoms with E-state index in [0.717, 1.165) is 0 Å². The summed E-state index contributed by atoms with van der Waals surface area (Å²) in [5, 5.41) is 0.503. The molecule has 0 spiro atoms. The quantitative estimate of drug-likeness (QED) is 0.479. The maximum absolute atomic E-state index is 12.0. The second-order valence-corrected chi connectivity index (χ2v) is 4.76. The van der Waals surface area contributed by atoms with Crippen molar-refractivity contribution >= 4 is 33.7 Å². The predicted octanol–water partition coefficient (Wildman–Crippen LogP) is 1.60. The molecule has 7 heteroatoms. The molecule has 0 aromatic carbocycles. The fourth-order valence-corrected chi connectivity index (χ4v) is 2.14. The smallest absolute Gasteiger partial charge is 0.326 e. The molecule has 0 N–H and O–H groups in total. The van der Waals surface area contributed by atoms with Gasteiger partial charge in [-0.3, -0.25) is 14.2 Å². The van der Waals surface area contributed by atoms with Crippen molar-refractivity contribution in [1.82, 2.24) is 9.55 Å². The molecule has 1 aromatic rings. The van der Waals surface area contributed by atoms with Crippen molar-refractivity contribution in [2.24, 2.45) is 0 Å².